The third kappa shape index (κ3) is 8.21. The molecule has 0 saturated heterocycles. The van der Waals surface area contributed by atoms with Crippen LogP contribution in [0.5, 0.6) is 0 Å². The number of hydrogen-bond acceptors (Lipinski definition) is 6. The van der Waals surface area contributed by atoms with Crippen LogP contribution < -0.4 is 10.6 Å². The van der Waals surface area contributed by atoms with E-state index in [-0.39, 0.29) is 11.6 Å². The Kier molecular flexibility index (Phi) is 12.5. The van der Waals surface area contributed by atoms with E-state index in [4.69, 9.17) is 0 Å². The Morgan fingerprint density at radius 1 is 0.556 bits per heavy atom. The molecule has 0 atom stereocenters. The topological polar surface area (TPSA) is 92.3 Å². The van der Waals surface area contributed by atoms with E-state index in [0.29, 0.717) is 33.6 Å². The van der Waals surface area contributed by atoms with E-state index in [1.54, 1.807) is 12.1 Å². The van der Waals surface area contributed by atoms with Crippen LogP contribution in [0.4, 0.5) is 22.7 Å². The Morgan fingerprint density at radius 3 is 1.11 bits per heavy atom. The van der Waals surface area contributed by atoms with Gasteiger partial charge in [0.15, 0.2) is 11.6 Å². The van der Waals surface area contributed by atoms with Crippen molar-refractivity contribution < 1.29 is 18.0 Å². The second-order valence-corrected chi connectivity index (χ2v) is 13.4. The van der Waals surface area contributed by atoms with Crippen molar-refractivity contribution in [3.8, 4) is 0 Å². The summed E-state index contributed by atoms with van der Waals surface area (Å²) in [5.74, 6) is -0.263. The largest absolute Gasteiger partial charge is 0.354 e. The number of aryl methyl sites for hydroxylation is 4. The summed E-state index contributed by atoms with van der Waals surface area (Å²) in [6.45, 7) is 12.5. The van der Waals surface area contributed by atoms with Crippen LogP contribution >= 0.6 is 10.7 Å². The maximum atomic E-state index is 14.0. The van der Waals surface area contributed by atoms with E-state index >= 15 is 0 Å². The molecule has 6 nitrogen and oxygen atoms in total. The van der Waals surface area contributed by atoms with Gasteiger partial charge in [0.2, 0.25) is 9.05 Å². The molecule has 0 saturated carbocycles. The lowest BCUT2D eigenvalue weighted by Crippen LogP contribution is -2.23. The number of carbonyl (C=O) groups is 2. The van der Waals surface area contributed by atoms with E-state index in [2.05, 4.69) is 85.4 Å². The Hall–Kier alpha value is -3.94. The summed E-state index contributed by atoms with van der Waals surface area (Å²) >= 11 is 0. The van der Waals surface area contributed by atoms with Gasteiger partial charge in [-0.15, -0.1) is 0 Å². The first kappa shape index (κ1) is 35.5. The van der Waals surface area contributed by atoms with Crippen molar-refractivity contribution in [2.75, 3.05) is 16.9 Å². The number of benzene rings is 4. The first-order valence-electron chi connectivity index (χ1n) is 15.5. The van der Waals surface area contributed by atoms with Gasteiger partial charge in [0.1, 0.15) is 0 Å². The van der Waals surface area contributed by atoms with Crippen LogP contribution in [0.25, 0.3) is 0 Å². The molecule has 0 unspecified atom stereocenters. The van der Waals surface area contributed by atoms with Gasteiger partial charge in [0, 0.05) is 33.2 Å². The number of nitrogens with one attached hydrogen (secondary N) is 2. The SMILES string of the molecule is CC.CCc1cccc(CC)c1Nc1ccc(Nc2c(CC)cccc2CC)c2c1C(=O)c1ccccc1C2=O.CS(=O)(=O)Cl. The molecule has 2 N–H and O–H groups in total. The van der Waals surface area contributed by atoms with Crippen LogP contribution in [0.2, 0.25) is 0 Å². The predicted molar refractivity (Wildman–Crippen MR) is 189 cm³/mol. The lowest BCUT2D eigenvalue weighted by atomic mass is 9.82. The quantitative estimate of drug-likeness (QED) is 0.163. The molecule has 0 spiro atoms. The van der Waals surface area contributed by atoms with Crippen molar-refractivity contribution in [2.45, 2.75) is 67.2 Å². The van der Waals surface area contributed by atoms with Crippen molar-refractivity contribution in [1.82, 2.24) is 0 Å². The third-order valence-electron chi connectivity index (χ3n) is 7.59. The Bertz CT molecular complexity index is 1630. The molecule has 0 radical (unpaired) electrons. The van der Waals surface area contributed by atoms with E-state index in [1.807, 2.05) is 38.1 Å². The number of carbonyl (C=O) groups excluding carboxylic acids is 2. The Morgan fingerprint density at radius 2 is 0.844 bits per heavy atom. The van der Waals surface area contributed by atoms with Crippen LogP contribution in [0.1, 0.15) is 95.6 Å². The van der Waals surface area contributed by atoms with Gasteiger partial charge in [0.05, 0.1) is 28.8 Å². The fourth-order valence-electron chi connectivity index (χ4n) is 5.51. The van der Waals surface area contributed by atoms with Crippen LogP contribution in [0.3, 0.4) is 0 Å². The van der Waals surface area contributed by atoms with Gasteiger partial charge < -0.3 is 10.6 Å². The highest BCUT2D eigenvalue weighted by Gasteiger charge is 2.34. The molecule has 45 heavy (non-hydrogen) atoms. The third-order valence-corrected chi connectivity index (χ3v) is 7.59. The molecule has 8 heteroatoms. The van der Waals surface area contributed by atoms with Gasteiger partial charge >= 0.3 is 0 Å². The molecule has 0 amide bonds. The Labute approximate surface area is 272 Å². The number of anilines is 4. The normalized spacial score (nSPS) is 11.7. The highest BCUT2D eigenvalue weighted by atomic mass is 35.7. The fourth-order valence-corrected chi connectivity index (χ4v) is 5.51. The van der Waals surface area contributed by atoms with Crippen molar-refractivity contribution in [1.29, 1.82) is 0 Å². The zero-order valence-corrected chi connectivity index (χ0v) is 28.7. The zero-order chi connectivity index (χ0) is 33.3. The molecule has 1 aliphatic rings. The van der Waals surface area contributed by atoms with Gasteiger partial charge in [-0.3, -0.25) is 9.59 Å². The number of hydrogen-bond donors (Lipinski definition) is 2. The molecule has 0 bridgehead atoms. The summed E-state index contributed by atoms with van der Waals surface area (Å²) in [4.78, 5) is 28.0. The summed E-state index contributed by atoms with van der Waals surface area (Å²) in [6, 6.07) is 23.6. The second-order valence-electron chi connectivity index (χ2n) is 10.4. The highest BCUT2D eigenvalue weighted by molar-refractivity contribution is 8.13. The molecule has 4 aromatic carbocycles. The van der Waals surface area contributed by atoms with Crippen molar-refractivity contribution in [2.24, 2.45) is 0 Å². The van der Waals surface area contributed by atoms with Crippen molar-refractivity contribution in [3.05, 3.63) is 117 Å². The predicted octanol–water partition coefficient (Wildman–Crippen LogP) is 9.41. The van der Waals surface area contributed by atoms with E-state index in [1.165, 1.54) is 22.3 Å². The van der Waals surface area contributed by atoms with Crippen LogP contribution in [0, 0.1) is 0 Å². The standard InChI is InChI=1S/C34H34N2O2.C2H6.CH3ClO2S/c1-5-21-13-11-14-22(6-2)31(21)35-27-19-20-28(36-32-23(7-3)15-12-16-24(32)8-4)30-29(27)33(37)25-17-9-10-18-26(25)34(30)38;1-2;1-5(2,3)4/h9-20,35-36H,5-8H2,1-4H3;1-2H3;1H3. The van der Waals surface area contributed by atoms with Crippen LogP contribution in [0.15, 0.2) is 72.8 Å². The zero-order valence-electron chi connectivity index (χ0n) is 27.2. The first-order valence-corrected chi connectivity index (χ1v) is 18.2. The van der Waals surface area contributed by atoms with E-state index < -0.39 is 9.05 Å². The first-order chi connectivity index (χ1) is 21.5. The monoisotopic (exact) mass is 646 g/mol. The summed E-state index contributed by atoms with van der Waals surface area (Å²) in [5, 5.41) is 7.18. The summed E-state index contributed by atoms with van der Waals surface area (Å²) in [5.41, 5.74) is 9.84. The van der Waals surface area contributed by atoms with E-state index in [0.717, 1.165) is 43.3 Å². The average Bonchev–Trinajstić information content (AvgIpc) is 3.04. The molecule has 1 aliphatic carbocycles. The molecule has 238 valence electrons. The van der Waals surface area contributed by atoms with Gasteiger partial charge in [-0.1, -0.05) is 102 Å². The van der Waals surface area contributed by atoms with Gasteiger partial charge in [-0.05, 0) is 60.1 Å². The summed E-state index contributed by atoms with van der Waals surface area (Å²) in [7, 11) is 1.31. The van der Waals surface area contributed by atoms with Crippen LogP contribution in [-0.4, -0.2) is 26.2 Å². The molecular formula is C37H43ClN2O4S. The minimum atomic E-state index is -3.19. The molecular weight excluding hydrogens is 604 g/mol. The van der Waals surface area contributed by atoms with Crippen molar-refractivity contribution >= 4 is 54.0 Å². The number of halogens is 1. The lowest BCUT2D eigenvalue weighted by Gasteiger charge is -2.26. The number of fused-ring (bicyclic) bond motifs is 2. The molecule has 0 aromatic heterocycles. The van der Waals surface area contributed by atoms with Gasteiger partial charge in [-0.25, -0.2) is 8.42 Å². The number of rotatable bonds is 8. The van der Waals surface area contributed by atoms with E-state index in [9.17, 15) is 18.0 Å². The average molecular weight is 647 g/mol. The lowest BCUT2D eigenvalue weighted by molar-refractivity contribution is 0.0980. The van der Waals surface area contributed by atoms with Gasteiger partial charge in [0.25, 0.3) is 0 Å². The number of para-hydroxylation sites is 2. The van der Waals surface area contributed by atoms with Gasteiger partial charge in [-0.2, -0.15) is 0 Å². The second kappa shape index (κ2) is 15.9. The summed E-state index contributed by atoms with van der Waals surface area (Å²) < 4.78 is 18.8. The molecule has 0 heterocycles. The summed E-state index contributed by atoms with van der Waals surface area (Å²) in [6.07, 6.45) is 4.37. The Balaban J connectivity index is 0.000000719. The smallest absolute Gasteiger partial charge is 0.229 e. The highest BCUT2D eigenvalue weighted by Crippen LogP contribution is 2.40. The molecule has 5 rings (SSSR count). The number of ketones is 2. The molecule has 0 aliphatic heterocycles. The van der Waals surface area contributed by atoms with Crippen LogP contribution in [-0.2, 0) is 34.7 Å². The fraction of sp³-hybridized carbons (Fsp3) is 0.297. The molecule has 0 fully saturated rings. The maximum absolute atomic E-state index is 14.0. The maximum Gasteiger partial charge on any atom is 0.229 e. The van der Waals surface area contributed by atoms with Crippen molar-refractivity contribution in [3.63, 3.8) is 0 Å². The minimum absolute atomic E-state index is 0.132. The minimum Gasteiger partial charge on any atom is -0.354 e. The molecule has 4 aromatic rings.